The molecule has 2 N–H and O–H groups in total. The lowest BCUT2D eigenvalue weighted by Crippen LogP contribution is -2.32. The van der Waals surface area contributed by atoms with Crippen LogP contribution in [0.15, 0.2) is 36.5 Å². The third-order valence-corrected chi connectivity index (χ3v) is 3.15. The lowest BCUT2D eigenvalue weighted by Gasteiger charge is -2.17. The van der Waals surface area contributed by atoms with E-state index in [9.17, 15) is 4.79 Å². The Morgan fingerprint density at radius 2 is 2.19 bits per heavy atom. The van der Waals surface area contributed by atoms with Gasteiger partial charge in [-0.1, -0.05) is 12.1 Å². The minimum absolute atomic E-state index is 0.180. The first-order chi connectivity index (χ1) is 10.2. The average Bonchev–Trinajstić information content (AvgIpc) is 2.98. The van der Waals surface area contributed by atoms with Gasteiger partial charge in [0.1, 0.15) is 0 Å². The molecule has 0 bridgehead atoms. The molecule has 0 saturated carbocycles. The zero-order chi connectivity index (χ0) is 15.2. The highest BCUT2D eigenvalue weighted by Crippen LogP contribution is 2.16. The number of carbonyl (C=O) groups is 1. The highest BCUT2D eigenvalue weighted by molar-refractivity contribution is 5.92. The van der Waals surface area contributed by atoms with Crippen LogP contribution in [0.2, 0.25) is 0 Å². The zero-order valence-electron chi connectivity index (χ0n) is 11.9. The average molecular weight is 283 g/mol. The maximum Gasteiger partial charge on any atom is 0.274 e. The molecular weight excluding hydrogens is 266 g/mol. The van der Waals surface area contributed by atoms with Crippen LogP contribution in [0.4, 0.5) is 5.69 Å². The number of carbonyl (C=O) groups excluding carboxylic acids is 1. The third-order valence-electron chi connectivity index (χ3n) is 3.15. The number of anilines is 1. The third kappa shape index (κ3) is 3.20. The number of nitrogens with zero attached hydrogens (tertiary/aromatic N) is 4. The summed E-state index contributed by atoms with van der Waals surface area (Å²) in [5, 5.41) is 12.9. The van der Waals surface area contributed by atoms with Gasteiger partial charge < -0.3 is 10.6 Å². The molecule has 0 spiro atoms. The molecule has 1 amide bonds. The molecule has 108 valence electrons. The van der Waals surface area contributed by atoms with Crippen LogP contribution in [0.5, 0.6) is 0 Å². The molecule has 0 unspecified atom stereocenters. The Morgan fingerprint density at radius 1 is 1.43 bits per heavy atom. The molecule has 1 aromatic carbocycles. The van der Waals surface area contributed by atoms with Crippen LogP contribution in [0, 0.1) is 11.3 Å². The minimum atomic E-state index is -0.180. The predicted octanol–water partition coefficient (Wildman–Crippen LogP) is 1.83. The molecule has 1 aromatic heterocycles. The molecule has 2 rings (SSSR count). The van der Waals surface area contributed by atoms with Crippen molar-refractivity contribution in [1.82, 2.24) is 14.7 Å². The van der Waals surface area contributed by atoms with Gasteiger partial charge in [0.15, 0.2) is 5.69 Å². The summed E-state index contributed by atoms with van der Waals surface area (Å²) >= 11 is 0. The molecule has 2 aromatic rings. The summed E-state index contributed by atoms with van der Waals surface area (Å²) in [4.78, 5) is 13.9. The molecule has 0 saturated heterocycles. The molecule has 0 atom stereocenters. The normalized spacial score (nSPS) is 10.1. The maximum absolute atomic E-state index is 12.3. The highest BCUT2D eigenvalue weighted by atomic mass is 16.2. The van der Waals surface area contributed by atoms with Gasteiger partial charge >= 0.3 is 0 Å². The van der Waals surface area contributed by atoms with E-state index in [0.29, 0.717) is 30.9 Å². The molecule has 0 aliphatic heterocycles. The van der Waals surface area contributed by atoms with Gasteiger partial charge in [0.2, 0.25) is 0 Å². The smallest absolute Gasteiger partial charge is 0.274 e. The molecule has 1 heterocycles. The van der Waals surface area contributed by atoms with E-state index in [1.807, 2.05) is 31.2 Å². The van der Waals surface area contributed by atoms with Gasteiger partial charge in [-0.3, -0.25) is 4.79 Å². The Bertz CT molecular complexity index is 671. The van der Waals surface area contributed by atoms with Crippen molar-refractivity contribution in [3.8, 4) is 11.8 Å². The zero-order valence-corrected chi connectivity index (χ0v) is 11.9. The number of hydrogen-bond donors (Lipinski definition) is 1. The fourth-order valence-electron chi connectivity index (χ4n) is 2.02. The number of nitriles is 1. The number of para-hydroxylation sites is 2. The molecule has 6 heteroatoms. The number of nitrogen functional groups attached to an aromatic ring is 1. The van der Waals surface area contributed by atoms with Gasteiger partial charge in [0.25, 0.3) is 5.91 Å². The van der Waals surface area contributed by atoms with Crippen molar-refractivity contribution in [3.63, 3.8) is 0 Å². The second-order valence-corrected chi connectivity index (χ2v) is 4.50. The van der Waals surface area contributed by atoms with Crippen LogP contribution in [0.25, 0.3) is 5.69 Å². The van der Waals surface area contributed by atoms with Gasteiger partial charge in [-0.25, -0.2) is 4.68 Å². The van der Waals surface area contributed by atoms with Crippen LogP contribution < -0.4 is 5.73 Å². The molecule has 6 nitrogen and oxygen atoms in total. The fraction of sp³-hybridized carbons (Fsp3) is 0.267. The van der Waals surface area contributed by atoms with E-state index in [1.165, 1.54) is 0 Å². The van der Waals surface area contributed by atoms with Gasteiger partial charge in [-0.05, 0) is 25.1 Å². The summed E-state index contributed by atoms with van der Waals surface area (Å²) in [6, 6.07) is 11.0. The number of benzene rings is 1. The number of amides is 1. The van der Waals surface area contributed by atoms with Crippen LogP contribution in [0.1, 0.15) is 23.8 Å². The van der Waals surface area contributed by atoms with Gasteiger partial charge in [0.05, 0.1) is 23.9 Å². The first-order valence-corrected chi connectivity index (χ1v) is 6.74. The molecule has 0 aliphatic rings. The lowest BCUT2D eigenvalue weighted by atomic mass is 10.3. The van der Waals surface area contributed by atoms with E-state index >= 15 is 0 Å². The minimum Gasteiger partial charge on any atom is -0.397 e. The summed E-state index contributed by atoms with van der Waals surface area (Å²) in [6.45, 7) is 2.83. The van der Waals surface area contributed by atoms with Crippen LogP contribution >= 0.6 is 0 Å². The summed E-state index contributed by atoms with van der Waals surface area (Å²) in [6.07, 6.45) is 2.02. The van der Waals surface area contributed by atoms with E-state index in [2.05, 4.69) is 5.10 Å². The largest absolute Gasteiger partial charge is 0.397 e. The topological polar surface area (TPSA) is 87.9 Å². The summed E-state index contributed by atoms with van der Waals surface area (Å²) in [5.74, 6) is -0.180. The van der Waals surface area contributed by atoms with Crippen molar-refractivity contribution in [2.24, 2.45) is 0 Å². The first-order valence-electron chi connectivity index (χ1n) is 6.74. The van der Waals surface area contributed by atoms with Crippen LogP contribution in [0.3, 0.4) is 0 Å². The van der Waals surface area contributed by atoms with Gasteiger partial charge in [0, 0.05) is 19.3 Å². The summed E-state index contributed by atoms with van der Waals surface area (Å²) < 4.78 is 1.58. The van der Waals surface area contributed by atoms with E-state index < -0.39 is 0 Å². The molecule has 0 aliphatic carbocycles. The van der Waals surface area contributed by atoms with Gasteiger partial charge in [-0.15, -0.1) is 0 Å². The summed E-state index contributed by atoms with van der Waals surface area (Å²) in [7, 11) is 0. The van der Waals surface area contributed by atoms with Crippen molar-refractivity contribution >= 4 is 11.6 Å². The number of rotatable bonds is 5. The molecule has 21 heavy (non-hydrogen) atoms. The maximum atomic E-state index is 12.3. The Kier molecular flexibility index (Phi) is 4.57. The Hall–Kier alpha value is -2.81. The van der Waals surface area contributed by atoms with Gasteiger partial charge in [-0.2, -0.15) is 10.4 Å². The second-order valence-electron chi connectivity index (χ2n) is 4.50. The predicted molar refractivity (Wildman–Crippen MR) is 79.8 cm³/mol. The van der Waals surface area contributed by atoms with E-state index in [0.717, 1.165) is 5.69 Å². The van der Waals surface area contributed by atoms with E-state index in [4.69, 9.17) is 11.0 Å². The van der Waals surface area contributed by atoms with Crippen molar-refractivity contribution < 1.29 is 4.79 Å². The molecule has 0 radical (unpaired) electrons. The second kappa shape index (κ2) is 6.57. The Labute approximate surface area is 123 Å². The van der Waals surface area contributed by atoms with Crippen molar-refractivity contribution in [3.05, 3.63) is 42.2 Å². The first kappa shape index (κ1) is 14.6. The van der Waals surface area contributed by atoms with Crippen molar-refractivity contribution in [2.45, 2.75) is 13.3 Å². The SMILES string of the molecule is CCN(CCC#N)C(=O)c1ccn(-c2ccccc2N)n1. The number of aromatic nitrogens is 2. The number of hydrogen-bond acceptors (Lipinski definition) is 4. The van der Waals surface area contributed by atoms with Crippen LogP contribution in [-0.4, -0.2) is 33.7 Å². The molecule has 0 fully saturated rings. The number of nitrogens with two attached hydrogens (primary N) is 1. The van der Waals surface area contributed by atoms with E-state index in [-0.39, 0.29) is 5.91 Å². The fourth-order valence-corrected chi connectivity index (χ4v) is 2.02. The summed E-state index contributed by atoms with van der Waals surface area (Å²) in [5.41, 5.74) is 7.57. The molecular formula is C15H17N5O. The van der Waals surface area contributed by atoms with Crippen LogP contribution in [-0.2, 0) is 0 Å². The van der Waals surface area contributed by atoms with E-state index in [1.54, 1.807) is 27.9 Å². The Balaban J connectivity index is 2.22. The Morgan fingerprint density at radius 3 is 2.86 bits per heavy atom. The van der Waals surface area contributed by atoms with Crippen molar-refractivity contribution in [2.75, 3.05) is 18.8 Å². The highest BCUT2D eigenvalue weighted by Gasteiger charge is 2.17. The monoisotopic (exact) mass is 283 g/mol. The standard InChI is InChI=1S/C15H17N5O/c1-2-19(10-5-9-16)15(21)13-8-11-20(18-13)14-7-4-3-6-12(14)17/h3-4,6-8,11H,2,5,10,17H2,1H3. The lowest BCUT2D eigenvalue weighted by molar-refractivity contribution is 0.0761. The van der Waals surface area contributed by atoms with Crippen molar-refractivity contribution in [1.29, 1.82) is 5.26 Å². The quantitative estimate of drug-likeness (QED) is 0.848.